The normalized spacial score (nSPS) is 11.5. The van der Waals surface area contributed by atoms with Gasteiger partial charge in [0.1, 0.15) is 5.76 Å². The van der Waals surface area contributed by atoms with Gasteiger partial charge < -0.3 is 13.9 Å². The average molecular weight is 354 g/mol. The first-order chi connectivity index (χ1) is 11.4. The van der Waals surface area contributed by atoms with E-state index in [1.54, 1.807) is 19.9 Å². The summed E-state index contributed by atoms with van der Waals surface area (Å²) in [6, 6.07) is 4.51. The minimum absolute atomic E-state index is 0.0196. The highest BCUT2D eigenvalue weighted by molar-refractivity contribution is 7.89. The lowest BCUT2D eigenvalue weighted by molar-refractivity contribution is 0.287. The van der Waals surface area contributed by atoms with Gasteiger partial charge in [0, 0.05) is 6.07 Å². The number of rotatable bonds is 8. The van der Waals surface area contributed by atoms with Crippen LogP contribution in [0.1, 0.15) is 31.2 Å². The third kappa shape index (κ3) is 4.27. The third-order valence-electron chi connectivity index (χ3n) is 3.31. The summed E-state index contributed by atoms with van der Waals surface area (Å²) < 4.78 is 43.6. The predicted molar refractivity (Wildman–Crippen MR) is 88.8 cm³/mol. The van der Waals surface area contributed by atoms with Gasteiger partial charge in [0.05, 0.1) is 30.3 Å². The van der Waals surface area contributed by atoms with Gasteiger partial charge in [-0.05, 0) is 39.8 Å². The molecule has 0 atom stereocenters. The second kappa shape index (κ2) is 7.67. The van der Waals surface area contributed by atoms with E-state index in [9.17, 15) is 8.42 Å². The lowest BCUT2D eigenvalue weighted by Gasteiger charge is -2.12. The van der Waals surface area contributed by atoms with Crippen molar-refractivity contribution in [3.8, 4) is 11.5 Å². The summed E-state index contributed by atoms with van der Waals surface area (Å²) in [5.41, 5.74) is 0.740. The van der Waals surface area contributed by atoms with Gasteiger partial charge in [0.15, 0.2) is 11.5 Å². The molecule has 0 saturated heterocycles. The lowest BCUT2D eigenvalue weighted by atomic mass is 10.3. The molecule has 0 bridgehead atoms. The highest BCUT2D eigenvalue weighted by Gasteiger charge is 2.18. The Hall–Kier alpha value is -2.06. The summed E-state index contributed by atoms with van der Waals surface area (Å²) in [6.07, 6.45) is 0. The van der Waals surface area contributed by atoms with Crippen LogP contribution in [0.3, 0.4) is 0 Å². The summed E-state index contributed by atoms with van der Waals surface area (Å²) in [4.78, 5) is 4.25. The topological polar surface area (TPSA) is 90.7 Å². The van der Waals surface area contributed by atoms with Crippen LogP contribution in [0.15, 0.2) is 27.5 Å². The zero-order valence-corrected chi connectivity index (χ0v) is 15.1. The minimum atomic E-state index is -3.72. The molecular weight excluding hydrogens is 332 g/mol. The van der Waals surface area contributed by atoms with Crippen molar-refractivity contribution in [2.45, 2.75) is 39.1 Å². The van der Waals surface area contributed by atoms with Crippen LogP contribution in [-0.4, -0.2) is 26.6 Å². The number of aryl methyl sites for hydroxylation is 2. The van der Waals surface area contributed by atoms with Crippen LogP contribution < -0.4 is 14.2 Å². The monoisotopic (exact) mass is 354 g/mol. The van der Waals surface area contributed by atoms with Crippen LogP contribution in [0.25, 0.3) is 0 Å². The quantitative estimate of drug-likeness (QED) is 0.783. The molecule has 0 spiro atoms. The van der Waals surface area contributed by atoms with E-state index in [0.717, 1.165) is 5.69 Å². The summed E-state index contributed by atoms with van der Waals surface area (Å²) >= 11 is 0. The Balaban J connectivity index is 2.19. The van der Waals surface area contributed by atoms with Gasteiger partial charge in [0.2, 0.25) is 15.9 Å². The molecule has 0 aliphatic rings. The second-order valence-corrected chi connectivity index (χ2v) is 6.82. The van der Waals surface area contributed by atoms with Gasteiger partial charge in [-0.2, -0.15) is 0 Å². The molecule has 0 aliphatic heterocycles. The van der Waals surface area contributed by atoms with Gasteiger partial charge in [-0.3, -0.25) is 0 Å². The fraction of sp³-hybridized carbons (Fsp3) is 0.438. The van der Waals surface area contributed by atoms with Crippen molar-refractivity contribution >= 4 is 10.0 Å². The van der Waals surface area contributed by atoms with Gasteiger partial charge in [-0.15, -0.1) is 0 Å². The molecule has 8 heteroatoms. The SMILES string of the molecule is CCOc1ccc(S(=O)(=O)NCc2nc(C)c(C)o2)cc1OCC. The molecule has 0 saturated carbocycles. The zero-order chi connectivity index (χ0) is 17.7. The van der Waals surface area contributed by atoms with Crippen LogP contribution >= 0.6 is 0 Å². The van der Waals surface area contributed by atoms with Crippen molar-refractivity contribution in [1.82, 2.24) is 9.71 Å². The van der Waals surface area contributed by atoms with Crippen molar-refractivity contribution in [2.75, 3.05) is 13.2 Å². The van der Waals surface area contributed by atoms with E-state index in [1.165, 1.54) is 12.1 Å². The van der Waals surface area contributed by atoms with Crippen molar-refractivity contribution in [3.05, 3.63) is 35.5 Å². The molecule has 1 heterocycles. The van der Waals surface area contributed by atoms with E-state index in [-0.39, 0.29) is 11.4 Å². The Morgan fingerprint density at radius 1 is 1.12 bits per heavy atom. The maximum atomic E-state index is 12.4. The number of hydrogen-bond acceptors (Lipinski definition) is 6. The summed E-state index contributed by atoms with van der Waals surface area (Å²) in [7, 11) is -3.72. The first-order valence-electron chi connectivity index (χ1n) is 7.69. The number of nitrogens with zero attached hydrogens (tertiary/aromatic N) is 1. The Labute approximate surface area is 142 Å². The predicted octanol–water partition coefficient (Wildman–Crippen LogP) is 2.57. The van der Waals surface area contributed by atoms with Crippen molar-refractivity contribution < 1.29 is 22.3 Å². The largest absolute Gasteiger partial charge is 0.490 e. The maximum Gasteiger partial charge on any atom is 0.241 e. The Morgan fingerprint density at radius 3 is 2.38 bits per heavy atom. The molecule has 1 aromatic carbocycles. The lowest BCUT2D eigenvalue weighted by Crippen LogP contribution is -2.23. The number of nitrogens with one attached hydrogen (secondary N) is 1. The molecule has 0 aliphatic carbocycles. The first kappa shape index (κ1) is 18.3. The standard InChI is InChI=1S/C16H22N2O5S/c1-5-21-14-8-7-13(9-15(14)22-6-2)24(19,20)17-10-16-18-11(3)12(4)23-16/h7-9,17H,5-6,10H2,1-4H3. The van der Waals surface area contributed by atoms with Gasteiger partial charge >= 0.3 is 0 Å². The molecule has 1 N–H and O–H groups in total. The number of oxazole rings is 1. The van der Waals surface area contributed by atoms with Crippen molar-refractivity contribution in [1.29, 1.82) is 0 Å². The Bertz CT molecular complexity index is 779. The highest BCUT2D eigenvalue weighted by atomic mass is 32.2. The van der Waals surface area contributed by atoms with Crippen LogP contribution in [0, 0.1) is 13.8 Å². The Morgan fingerprint density at radius 2 is 1.79 bits per heavy atom. The third-order valence-corrected chi connectivity index (χ3v) is 4.71. The van der Waals surface area contributed by atoms with Crippen LogP contribution in [0.2, 0.25) is 0 Å². The fourth-order valence-electron chi connectivity index (χ4n) is 2.05. The molecular formula is C16H22N2O5S. The van der Waals surface area contributed by atoms with Crippen molar-refractivity contribution in [3.63, 3.8) is 0 Å². The number of hydrogen-bond donors (Lipinski definition) is 1. The molecule has 0 radical (unpaired) electrons. The number of benzene rings is 1. The second-order valence-electron chi connectivity index (χ2n) is 5.05. The van der Waals surface area contributed by atoms with Gasteiger partial charge in [-0.25, -0.2) is 18.1 Å². The molecule has 2 aromatic rings. The summed E-state index contributed by atoms with van der Waals surface area (Å²) in [5.74, 6) is 1.90. The molecule has 2 rings (SSSR count). The van der Waals surface area contributed by atoms with Gasteiger partial charge in [0.25, 0.3) is 0 Å². The minimum Gasteiger partial charge on any atom is -0.490 e. The average Bonchev–Trinajstić information content (AvgIpc) is 2.86. The van der Waals surface area contributed by atoms with E-state index in [2.05, 4.69) is 9.71 Å². The first-order valence-corrected chi connectivity index (χ1v) is 9.18. The maximum absolute atomic E-state index is 12.4. The zero-order valence-electron chi connectivity index (χ0n) is 14.3. The number of aromatic nitrogens is 1. The van der Waals surface area contributed by atoms with E-state index in [0.29, 0.717) is 36.4 Å². The molecule has 1 aromatic heterocycles. The van der Waals surface area contributed by atoms with E-state index in [4.69, 9.17) is 13.9 Å². The van der Waals surface area contributed by atoms with Crippen LogP contribution in [-0.2, 0) is 16.6 Å². The fourth-order valence-corrected chi connectivity index (χ4v) is 3.04. The van der Waals surface area contributed by atoms with E-state index in [1.807, 2.05) is 13.8 Å². The molecule has 0 fully saturated rings. The number of sulfonamides is 1. The van der Waals surface area contributed by atoms with Crippen molar-refractivity contribution in [2.24, 2.45) is 0 Å². The summed E-state index contributed by atoms with van der Waals surface area (Å²) in [5, 5.41) is 0. The highest BCUT2D eigenvalue weighted by Crippen LogP contribution is 2.30. The van der Waals surface area contributed by atoms with E-state index >= 15 is 0 Å². The smallest absolute Gasteiger partial charge is 0.241 e. The Kier molecular flexibility index (Phi) is 5.84. The summed E-state index contributed by atoms with van der Waals surface area (Å²) in [6.45, 7) is 8.11. The molecule has 132 valence electrons. The molecule has 0 amide bonds. The molecule has 24 heavy (non-hydrogen) atoms. The van der Waals surface area contributed by atoms with Crippen LogP contribution in [0.5, 0.6) is 11.5 Å². The van der Waals surface area contributed by atoms with Crippen LogP contribution in [0.4, 0.5) is 0 Å². The number of ether oxygens (including phenoxy) is 2. The molecule has 0 unspecified atom stereocenters. The van der Waals surface area contributed by atoms with Gasteiger partial charge in [-0.1, -0.05) is 0 Å². The van der Waals surface area contributed by atoms with E-state index < -0.39 is 10.0 Å². The molecule has 7 nitrogen and oxygen atoms in total.